The third-order valence-electron chi connectivity index (χ3n) is 1.91. The number of hydrogen-bond acceptors (Lipinski definition) is 2. The Morgan fingerprint density at radius 2 is 1.73 bits per heavy atom. The Hall–Kier alpha value is -0.370. The molecule has 0 bridgehead atoms. The van der Waals surface area contributed by atoms with E-state index in [2.05, 4.69) is 13.8 Å². The molecule has 11 heavy (non-hydrogen) atoms. The molecule has 0 aromatic rings. The standard InChI is InChI=1S/C9H19NO/c1-5-8(6-2)9(11)7-10(3)4/h8H,5-7H2,1-4H3. The number of Topliss-reactive ketones (excluding diaryl/α,β-unsaturated/α-hetero) is 1. The van der Waals surface area contributed by atoms with Crippen LogP contribution in [-0.2, 0) is 4.79 Å². The van der Waals surface area contributed by atoms with Crippen LogP contribution in [0, 0.1) is 5.92 Å². The second-order valence-corrected chi connectivity index (χ2v) is 3.22. The number of carbonyl (C=O) groups excluding carboxylic acids is 1. The number of likely N-dealkylation sites (N-methyl/N-ethyl adjacent to an activating group) is 1. The van der Waals surface area contributed by atoms with E-state index in [1.807, 2.05) is 19.0 Å². The van der Waals surface area contributed by atoms with Crippen LogP contribution in [0.25, 0.3) is 0 Å². The van der Waals surface area contributed by atoms with Crippen molar-refractivity contribution in [3.8, 4) is 0 Å². The van der Waals surface area contributed by atoms with Crippen molar-refractivity contribution in [2.24, 2.45) is 5.92 Å². The summed E-state index contributed by atoms with van der Waals surface area (Å²) < 4.78 is 0. The fourth-order valence-electron chi connectivity index (χ4n) is 1.18. The van der Waals surface area contributed by atoms with Crippen LogP contribution in [0.4, 0.5) is 0 Å². The molecule has 0 N–H and O–H groups in total. The van der Waals surface area contributed by atoms with Gasteiger partial charge in [0.05, 0.1) is 6.54 Å². The van der Waals surface area contributed by atoms with E-state index in [9.17, 15) is 4.79 Å². The highest BCUT2D eigenvalue weighted by Gasteiger charge is 2.13. The van der Waals surface area contributed by atoms with Gasteiger partial charge in [-0.25, -0.2) is 0 Å². The third-order valence-corrected chi connectivity index (χ3v) is 1.91. The molecule has 0 aliphatic heterocycles. The SMILES string of the molecule is CCC(CC)C(=O)CN(C)C. The molecule has 0 unspecified atom stereocenters. The van der Waals surface area contributed by atoms with E-state index in [1.54, 1.807) is 0 Å². The molecular formula is C9H19NO. The van der Waals surface area contributed by atoms with Crippen LogP contribution in [0.15, 0.2) is 0 Å². The Balaban J connectivity index is 3.79. The van der Waals surface area contributed by atoms with Gasteiger partial charge in [-0.05, 0) is 26.9 Å². The number of ketones is 1. The van der Waals surface area contributed by atoms with E-state index < -0.39 is 0 Å². The molecule has 0 rings (SSSR count). The van der Waals surface area contributed by atoms with E-state index in [0.29, 0.717) is 12.3 Å². The highest BCUT2D eigenvalue weighted by atomic mass is 16.1. The highest BCUT2D eigenvalue weighted by molar-refractivity contribution is 5.82. The largest absolute Gasteiger partial charge is 0.302 e. The minimum atomic E-state index is 0.275. The zero-order valence-corrected chi connectivity index (χ0v) is 8.05. The lowest BCUT2D eigenvalue weighted by Gasteiger charge is -2.14. The quantitative estimate of drug-likeness (QED) is 0.603. The van der Waals surface area contributed by atoms with Gasteiger partial charge in [0.1, 0.15) is 5.78 Å². The van der Waals surface area contributed by atoms with Gasteiger partial charge in [0.25, 0.3) is 0 Å². The number of nitrogens with zero attached hydrogens (tertiary/aromatic N) is 1. The third kappa shape index (κ3) is 4.14. The summed E-state index contributed by atoms with van der Waals surface area (Å²) >= 11 is 0. The molecule has 2 nitrogen and oxygen atoms in total. The predicted octanol–water partition coefficient (Wildman–Crippen LogP) is 1.55. The van der Waals surface area contributed by atoms with Gasteiger partial charge in [-0.1, -0.05) is 13.8 Å². The summed E-state index contributed by atoms with van der Waals surface area (Å²) in [5, 5.41) is 0. The molecule has 0 aliphatic rings. The van der Waals surface area contributed by atoms with Crippen LogP contribution >= 0.6 is 0 Å². The van der Waals surface area contributed by atoms with Crippen LogP contribution in [0.5, 0.6) is 0 Å². The number of carbonyl (C=O) groups is 1. The van der Waals surface area contributed by atoms with Gasteiger partial charge < -0.3 is 4.90 Å². The smallest absolute Gasteiger partial charge is 0.149 e. The van der Waals surface area contributed by atoms with Crippen molar-refractivity contribution in [2.45, 2.75) is 26.7 Å². The van der Waals surface area contributed by atoms with E-state index in [4.69, 9.17) is 0 Å². The fourth-order valence-corrected chi connectivity index (χ4v) is 1.18. The van der Waals surface area contributed by atoms with E-state index >= 15 is 0 Å². The Morgan fingerprint density at radius 1 is 1.27 bits per heavy atom. The van der Waals surface area contributed by atoms with Crippen molar-refractivity contribution in [3.05, 3.63) is 0 Å². The monoisotopic (exact) mass is 157 g/mol. The molecule has 0 amide bonds. The summed E-state index contributed by atoms with van der Waals surface area (Å²) in [5.74, 6) is 0.650. The van der Waals surface area contributed by atoms with Crippen LogP contribution in [0.1, 0.15) is 26.7 Å². The molecule has 0 spiro atoms. The Morgan fingerprint density at radius 3 is 2.00 bits per heavy atom. The van der Waals surface area contributed by atoms with Gasteiger partial charge in [-0.3, -0.25) is 4.79 Å². The molecule has 0 fully saturated rings. The second-order valence-electron chi connectivity index (χ2n) is 3.22. The van der Waals surface area contributed by atoms with E-state index in [0.717, 1.165) is 12.8 Å². The molecule has 0 aromatic carbocycles. The van der Waals surface area contributed by atoms with Gasteiger partial charge in [0.15, 0.2) is 0 Å². The van der Waals surface area contributed by atoms with Gasteiger partial charge in [0.2, 0.25) is 0 Å². The van der Waals surface area contributed by atoms with Crippen LogP contribution in [0.3, 0.4) is 0 Å². The zero-order valence-electron chi connectivity index (χ0n) is 8.05. The summed E-state index contributed by atoms with van der Waals surface area (Å²) in [7, 11) is 3.86. The Bertz CT molecular complexity index is 117. The van der Waals surface area contributed by atoms with Crippen LogP contribution < -0.4 is 0 Å². The van der Waals surface area contributed by atoms with Crippen LogP contribution in [-0.4, -0.2) is 31.3 Å². The van der Waals surface area contributed by atoms with Gasteiger partial charge >= 0.3 is 0 Å². The molecule has 0 aliphatic carbocycles. The first kappa shape index (κ1) is 10.6. The van der Waals surface area contributed by atoms with Crippen LogP contribution in [0.2, 0.25) is 0 Å². The molecular weight excluding hydrogens is 138 g/mol. The van der Waals surface area contributed by atoms with Crippen molar-refractivity contribution >= 4 is 5.78 Å². The summed E-state index contributed by atoms with van der Waals surface area (Å²) in [5.41, 5.74) is 0. The Kier molecular flexibility index (Phi) is 5.12. The maximum Gasteiger partial charge on any atom is 0.149 e. The minimum Gasteiger partial charge on any atom is -0.302 e. The Labute approximate surface area is 69.6 Å². The molecule has 0 aromatic heterocycles. The fraction of sp³-hybridized carbons (Fsp3) is 0.889. The molecule has 0 saturated carbocycles. The van der Waals surface area contributed by atoms with Crippen molar-refractivity contribution in [1.29, 1.82) is 0 Å². The lowest BCUT2D eigenvalue weighted by atomic mass is 9.98. The van der Waals surface area contributed by atoms with Gasteiger partial charge in [-0.15, -0.1) is 0 Å². The second kappa shape index (κ2) is 5.30. The van der Waals surface area contributed by atoms with Crippen molar-refractivity contribution in [2.75, 3.05) is 20.6 Å². The zero-order chi connectivity index (χ0) is 8.85. The average Bonchev–Trinajstić information content (AvgIpc) is 1.88. The molecule has 66 valence electrons. The maximum atomic E-state index is 11.4. The van der Waals surface area contributed by atoms with Gasteiger partial charge in [0, 0.05) is 5.92 Å². The molecule has 2 heteroatoms. The first-order valence-corrected chi connectivity index (χ1v) is 4.29. The van der Waals surface area contributed by atoms with Gasteiger partial charge in [-0.2, -0.15) is 0 Å². The molecule has 0 radical (unpaired) electrons. The van der Waals surface area contributed by atoms with E-state index in [1.165, 1.54) is 0 Å². The van der Waals surface area contributed by atoms with Crippen molar-refractivity contribution in [1.82, 2.24) is 4.90 Å². The van der Waals surface area contributed by atoms with Crippen molar-refractivity contribution in [3.63, 3.8) is 0 Å². The maximum absolute atomic E-state index is 11.4. The lowest BCUT2D eigenvalue weighted by Crippen LogP contribution is -2.27. The summed E-state index contributed by atoms with van der Waals surface area (Å²) in [6.07, 6.45) is 1.95. The molecule has 0 atom stereocenters. The summed E-state index contributed by atoms with van der Waals surface area (Å²) in [6.45, 7) is 4.73. The summed E-state index contributed by atoms with van der Waals surface area (Å²) in [6, 6.07) is 0. The first-order valence-electron chi connectivity index (χ1n) is 4.29. The normalized spacial score (nSPS) is 11.1. The lowest BCUT2D eigenvalue weighted by molar-refractivity contribution is -0.123. The molecule has 0 heterocycles. The first-order chi connectivity index (χ1) is 5.11. The highest BCUT2D eigenvalue weighted by Crippen LogP contribution is 2.08. The summed E-state index contributed by atoms with van der Waals surface area (Å²) in [4.78, 5) is 13.3. The average molecular weight is 157 g/mol. The molecule has 0 saturated heterocycles. The predicted molar refractivity (Wildman–Crippen MR) is 47.6 cm³/mol. The topological polar surface area (TPSA) is 20.3 Å². The minimum absolute atomic E-state index is 0.275. The van der Waals surface area contributed by atoms with Crippen molar-refractivity contribution < 1.29 is 4.79 Å². The number of rotatable bonds is 5. The van der Waals surface area contributed by atoms with E-state index in [-0.39, 0.29) is 5.92 Å². The number of hydrogen-bond donors (Lipinski definition) is 0.